The Labute approximate surface area is 156 Å². The topological polar surface area (TPSA) is 73.0 Å². The maximum absolute atomic E-state index is 12.8. The predicted molar refractivity (Wildman–Crippen MR) is 101 cm³/mol. The zero-order valence-corrected chi connectivity index (χ0v) is 14.8. The number of carbonyl (C=O) groups excluding carboxylic acids is 1. The number of aryl methyl sites for hydroxylation is 1. The summed E-state index contributed by atoms with van der Waals surface area (Å²) in [4.78, 5) is 17.1. The molecule has 0 saturated heterocycles. The molecule has 0 bridgehead atoms. The van der Waals surface area contributed by atoms with E-state index in [2.05, 4.69) is 15.4 Å². The maximum Gasteiger partial charge on any atom is 0.270 e. The zero-order valence-electron chi connectivity index (χ0n) is 14.8. The van der Waals surface area contributed by atoms with Crippen LogP contribution in [-0.2, 0) is 6.54 Å². The van der Waals surface area contributed by atoms with Crippen LogP contribution in [0.4, 0.5) is 0 Å². The summed E-state index contributed by atoms with van der Waals surface area (Å²) in [6.07, 6.45) is 3.29. The molecule has 4 rings (SSSR count). The molecule has 1 aromatic carbocycles. The Morgan fingerprint density at radius 1 is 1.11 bits per heavy atom. The summed E-state index contributed by atoms with van der Waals surface area (Å²) in [5.74, 6) is 0.381. The molecule has 1 amide bonds. The van der Waals surface area contributed by atoms with Gasteiger partial charge in [-0.3, -0.25) is 9.78 Å². The van der Waals surface area contributed by atoms with Gasteiger partial charge in [-0.1, -0.05) is 23.8 Å². The number of aromatic nitrogens is 3. The molecule has 0 atom stereocenters. The van der Waals surface area contributed by atoms with E-state index in [0.29, 0.717) is 23.7 Å². The van der Waals surface area contributed by atoms with Crippen LogP contribution in [0.25, 0.3) is 17.1 Å². The van der Waals surface area contributed by atoms with Crippen molar-refractivity contribution >= 4 is 5.91 Å². The normalized spacial score (nSPS) is 10.7. The molecule has 0 aliphatic carbocycles. The fourth-order valence-corrected chi connectivity index (χ4v) is 2.73. The number of benzene rings is 1. The molecule has 0 aliphatic heterocycles. The lowest BCUT2D eigenvalue weighted by Crippen LogP contribution is -2.25. The Morgan fingerprint density at radius 2 is 1.96 bits per heavy atom. The van der Waals surface area contributed by atoms with Gasteiger partial charge in [-0.2, -0.15) is 5.10 Å². The maximum atomic E-state index is 12.8. The smallest absolute Gasteiger partial charge is 0.270 e. The summed E-state index contributed by atoms with van der Waals surface area (Å²) < 4.78 is 7.06. The van der Waals surface area contributed by atoms with E-state index in [0.717, 1.165) is 16.9 Å². The minimum atomic E-state index is -0.230. The first kappa shape index (κ1) is 16.8. The molecule has 134 valence electrons. The Balaban J connectivity index is 1.67. The Morgan fingerprint density at radius 3 is 2.67 bits per heavy atom. The van der Waals surface area contributed by atoms with Gasteiger partial charge < -0.3 is 9.73 Å². The van der Waals surface area contributed by atoms with Gasteiger partial charge in [0, 0.05) is 12.3 Å². The molecular formula is C21H18N4O2. The molecule has 3 heterocycles. The number of nitrogens with zero attached hydrogens (tertiary/aromatic N) is 3. The number of carbonyl (C=O) groups is 1. The molecule has 0 radical (unpaired) electrons. The molecule has 27 heavy (non-hydrogen) atoms. The number of furan rings is 1. The van der Waals surface area contributed by atoms with Crippen LogP contribution in [0.15, 0.2) is 77.5 Å². The highest BCUT2D eigenvalue weighted by Crippen LogP contribution is 2.22. The number of rotatable bonds is 5. The molecule has 0 aliphatic rings. The van der Waals surface area contributed by atoms with Gasteiger partial charge in [-0.15, -0.1) is 0 Å². The lowest BCUT2D eigenvalue weighted by atomic mass is 10.2. The molecule has 0 spiro atoms. The summed E-state index contributed by atoms with van der Waals surface area (Å²) in [6.45, 7) is 2.36. The SMILES string of the molecule is Cc1ccc(-n2nc(-c3ccco3)cc2C(=O)NCc2ccccn2)cc1. The summed E-state index contributed by atoms with van der Waals surface area (Å²) in [5, 5.41) is 7.48. The minimum absolute atomic E-state index is 0.230. The Kier molecular flexibility index (Phi) is 4.53. The second-order valence-electron chi connectivity index (χ2n) is 6.14. The van der Waals surface area contributed by atoms with Gasteiger partial charge in [0.25, 0.3) is 5.91 Å². The molecule has 6 nitrogen and oxygen atoms in total. The van der Waals surface area contributed by atoms with Crippen molar-refractivity contribution in [2.24, 2.45) is 0 Å². The largest absolute Gasteiger partial charge is 0.463 e. The second-order valence-corrected chi connectivity index (χ2v) is 6.14. The van der Waals surface area contributed by atoms with E-state index in [1.807, 2.05) is 55.5 Å². The van der Waals surface area contributed by atoms with E-state index in [1.165, 1.54) is 0 Å². The van der Waals surface area contributed by atoms with E-state index in [4.69, 9.17) is 4.42 Å². The number of nitrogens with one attached hydrogen (secondary N) is 1. The summed E-state index contributed by atoms with van der Waals surface area (Å²) >= 11 is 0. The molecule has 0 fully saturated rings. The van der Waals surface area contributed by atoms with Crippen LogP contribution in [0.2, 0.25) is 0 Å². The second kappa shape index (κ2) is 7.29. The molecule has 1 N–H and O–H groups in total. The van der Waals surface area contributed by atoms with Crippen molar-refractivity contribution in [3.05, 3.63) is 90.1 Å². The number of hydrogen-bond acceptors (Lipinski definition) is 4. The van der Waals surface area contributed by atoms with Crippen molar-refractivity contribution in [2.75, 3.05) is 0 Å². The third-order valence-corrected chi connectivity index (χ3v) is 4.15. The predicted octanol–water partition coefficient (Wildman–Crippen LogP) is 3.77. The number of hydrogen-bond donors (Lipinski definition) is 1. The first-order valence-corrected chi connectivity index (χ1v) is 8.60. The lowest BCUT2D eigenvalue weighted by Gasteiger charge is -2.08. The third kappa shape index (κ3) is 3.64. The van der Waals surface area contributed by atoms with Crippen LogP contribution in [0.1, 0.15) is 21.7 Å². The first-order valence-electron chi connectivity index (χ1n) is 8.60. The quantitative estimate of drug-likeness (QED) is 0.589. The standard InChI is InChI=1S/C21H18N4O2/c1-15-7-9-17(10-8-15)25-19(13-18(24-25)20-6-4-12-27-20)21(26)23-14-16-5-2-3-11-22-16/h2-13H,14H2,1H3,(H,23,26). The van der Waals surface area contributed by atoms with Gasteiger partial charge in [0.1, 0.15) is 11.4 Å². The molecule has 4 aromatic rings. The highest BCUT2D eigenvalue weighted by atomic mass is 16.3. The molecule has 3 aromatic heterocycles. The van der Waals surface area contributed by atoms with Crippen LogP contribution in [0, 0.1) is 6.92 Å². The molecular weight excluding hydrogens is 340 g/mol. The van der Waals surface area contributed by atoms with Gasteiger partial charge in [0.05, 0.1) is 24.2 Å². The molecule has 0 saturated carbocycles. The van der Waals surface area contributed by atoms with Crippen molar-refractivity contribution in [3.63, 3.8) is 0 Å². The van der Waals surface area contributed by atoms with Crippen LogP contribution in [0.5, 0.6) is 0 Å². The Bertz CT molecular complexity index is 1040. The van der Waals surface area contributed by atoms with E-state index in [9.17, 15) is 4.79 Å². The highest BCUT2D eigenvalue weighted by Gasteiger charge is 2.18. The number of amides is 1. The number of pyridine rings is 1. The fourth-order valence-electron chi connectivity index (χ4n) is 2.73. The van der Waals surface area contributed by atoms with E-state index in [-0.39, 0.29) is 5.91 Å². The van der Waals surface area contributed by atoms with Gasteiger partial charge in [0.15, 0.2) is 5.76 Å². The minimum Gasteiger partial charge on any atom is -0.463 e. The molecule has 6 heteroatoms. The fraction of sp³-hybridized carbons (Fsp3) is 0.0952. The van der Waals surface area contributed by atoms with Gasteiger partial charge in [-0.05, 0) is 43.3 Å². The van der Waals surface area contributed by atoms with Crippen molar-refractivity contribution in [1.82, 2.24) is 20.1 Å². The summed E-state index contributed by atoms with van der Waals surface area (Å²) in [6, 6.07) is 18.8. The van der Waals surface area contributed by atoms with E-state index < -0.39 is 0 Å². The average Bonchev–Trinajstić information content (AvgIpc) is 3.37. The lowest BCUT2D eigenvalue weighted by molar-refractivity contribution is 0.0942. The van der Waals surface area contributed by atoms with Gasteiger partial charge in [-0.25, -0.2) is 4.68 Å². The van der Waals surface area contributed by atoms with Crippen LogP contribution >= 0.6 is 0 Å². The van der Waals surface area contributed by atoms with Crippen LogP contribution < -0.4 is 5.32 Å². The summed E-state index contributed by atoms with van der Waals surface area (Å²) in [7, 11) is 0. The third-order valence-electron chi connectivity index (χ3n) is 4.15. The first-order chi connectivity index (χ1) is 13.2. The molecule has 0 unspecified atom stereocenters. The van der Waals surface area contributed by atoms with Gasteiger partial charge >= 0.3 is 0 Å². The van der Waals surface area contributed by atoms with E-state index >= 15 is 0 Å². The average molecular weight is 358 g/mol. The van der Waals surface area contributed by atoms with Crippen molar-refractivity contribution in [1.29, 1.82) is 0 Å². The summed E-state index contributed by atoms with van der Waals surface area (Å²) in [5.41, 5.74) is 3.77. The van der Waals surface area contributed by atoms with Crippen molar-refractivity contribution in [2.45, 2.75) is 13.5 Å². The van der Waals surface area contributed by atoms with Gasteiger partial charge in [0.2, 0.25) is 0 Å². The van der Waals surface area contributed by atoms with Crippen molar-refractivity contribution < 1.29 is 9.21 Å². The Hall–Kier alpha value is -3.67. The zero-order chi connectivity index (χ0) is 18.6. The monoisotopic (exact) mass is 358 g/mol. The van der Waals surface area contributed by atoms with Crippen LogP contribution in [0.3, 0.4) is 0 Å². The van der Waals surface area contributed by atoms with Crippen molar-refractivity contribution in [3.8, 4) is 17.1 Å². The van der Waals surface area contributed by atoms with Crippen LogP contribution in [-0.4, -0.2) is 20.7 Å². The highest BCUT2D eigenvalue weighted by molar-refractivity contribution is 5.94. The van der Waals surface area contributed by atoms with E-state index in [1.54, 1.807) is 29.3 Å².